The lowest BCUT2D eigenvalue weighted by Gasteiger charge is -2.31. The van der Waals surface area contributed by atoms with Gasteiger partial charge in [0.2, 0.25) is 0 Å². The van der Waals surface area contributed by atoms with Gasteiger partial charge in [-0.25, -0.2) is 19.2 Å². The van der Waals surface area contributed by atoms with E-state index < -0.39 is 48.8 Å². The highest BCUT2D eigenvalue weighted by atomic mass is 16.6. The van der Waals surface area contributed by atoms with Crippen LogP contribution in [-0.4, -0.2) is 75.0 Å². The van der Waals surface area contributed by atoms with Crippen molar-refractivity contribution in [3.63, 3.8) is 0 Å². The lowest BCUT2D eigenvalue weighted by atomic mass is 10.1. The molecule has 0 aromatic heterocycles. The highest BCUT2D eigenvalue weighted by Gasteiger charge is 2.38. The summed E-state index contributed by atoms with van der Waals surface area (Å²) >= 11 is 0. The predicted octanol–water partition coefficient (Wildman–Crippen LogP) is -6.36. The SMILES string of the molecule is CCC(OC(=O)C[NH3+])C(OC(=O)C[NH3+])C(COC(=O)C[NH3+])OC(=O)C[NH3+]. The van der Waals surface area contributed by atoms with Crippen LogP contribution in [0.4, 0.5) is 0 Å². The highest BCUT2D eigenvalue weighted by molar-refractivity contribution is 5.72. The molecule has 0 spiro atoms. The lowest BCUT2D eigenvalue weighted by molar-refractivity contribution is -0.365. The van der Waals surface area contributed by atoms with Gasteiger partial charge >= 0.3 is 23.9 Å². The van der Waals surface area contributed by atoms with Crippen molar-refractivity contribution in [3.8, 4) is 0 Å². The van der Waals surface area contributed by atoms with Gasteiger partial charge in [-0.3, -0.25) is 0 Å². The molecule has 3 atom stereocenters. The molecule has 0 radical (unpaired) electrons. The van der Waals surface area contributed by atoms with E-state index in [1.54, 1.807) is 6.92 Å². The Kier molecular flexibility index (Phi) is 11.9. The number of esters is 4. The Balaban J connectivity index is 5.55. The van der Waals surface area contributed by atoms with Crippen LogP contribution >= 0.6 is 0 Å². The van der Waals surface area contributed by atoms with Gasteiger partial charge in [-0.15, -0.1) is 0 Å². The van der Waals surface area contributed by atoms with E-state index in [-0.39, 0.29) is 32.6 Å². The van der Waals surface area contributed by atoms with Crippen molar-refractivity contribution in [2.24, 2.45) is 0 Å². The van der Waals surface area contributed by atoms with E-state index in [2.05, 4.69) is 22.9 Å². The number of quaternary nitrogens is 4. The molecular formula is C14H30N4O8+4. The van der Waals surface area contributed by atoms with Crippen LogP contribution in [0.3, 0.4) is 0 Å². The van der Waals surface area contributed by atoms with Crippen LogP contribution < -0.4 is 22.9 Å². The molecule has 0 aliphatic heterocycles. The van der Waals surface area contributed by atoms with Crippen LogP contribution in [0.2, 0.25) is 0 Å². The van der Waals surface area contributed by atoms with Gasteiger partial charge < -0.3 is 41.9 Å². The summed E-state index contributed by atoms with van der Waals surface area (Å²) in [6, 6.07) is 0. The molecule has 3 unspecified atom stereocenters. The van der Waals surface area contributed by atoms with Crippen LogP contribution in [0.5, 0.6) is 0 Å². The Labute approximate surface area is 150 Å². The standard InChI is InChI=1S/C14H26N4O8/c1-2-8(24-11(20)4-16)14(26-13(22)6-18)9(25-12(21)5-17)7-23-10(19)3-15/h8-9,14H,2-7,15-18H2,1H3/p+4. The summed E-state index contributed by atoms with van der Waals surface area (Å²) in [5.74, 6) is -2.65. The lowest BCUT2D eigenvalue weighted by Crippen LogP contribution is -2.59. The molecule has 0 aliphatic rings. The normalized spacial score (nSPS) is 13.9. The summed E-state index contributed by atoms with van der Waals surface area (Å²) in [5.41, 5.74) is 13.6. The molecule has 0 saturated heterocycles. The molecule has 0 aromatic carbocycles. The van der Waals surface area contributed by atoms with E-state index in [0.29, 0.717) is 0 Å². The molecule has 150 valence electrons. The van der Waals surface area contributed by atoms with Crippen molar-refractivity contribution >= 4 is 23.9 Å². The van der Waals surface area contributed by atoms with Crippen LogP contribution in [-0.2, 0) is 38.1 Å². The Morgan fingerprint density at radius 3 is 1.54 bits per heavy atom. The van der Waals surface area contributed by atoms with Crippen LogP contribution in [0.1, 0.15) is 13.3 Å². The van der Waals surface area contributed by atoms with E-state index in [1.165, 1.54) is 0 Å². The van der Waals surface area contributed by atoms with Gasteiger partial charge in [0.15, 0.2) is 38.4 Å². The number of hydrogen-bond acceptors (Lipinski definition) is 8. The number of hydrogen-bond donors (Lipinski definition) is 4. The molecule has 12 N–H and O–H groups in total. The largest absolute Gasteiger partial charge is 0.457 e. The van der Waals surface area contributed by atoms with Crippen LogP contribution in [0.15, 0.2) is 0 Å². The first kappa shape index (κ1) is 23.7. The van der Waals surface area contributed by atoms with Crippen molar-refractivity contribution in [3.05, 3.63) is 0 Å². The Morgan fingerprint density at radius 2 is 1.12 bits per heavy atom. The fourth-order valence-electron chi connectivity index (χ4n) is 1.88. The van der Waals surface area contributed by atoms with Crippen LogP contribution in [0, 0.1) is 0 Å². The minimum atomic E-state index is -1.18. The minimum absolute atomic E-state index is 0.132. The topological polar surface area (TPSA) is 216 Å². The molecule has 0 aliphatic carbocycles. The van der Waals surface area contributed by atoms with Gasteiger partial charge in [0, 0.05) is 0 Å². The average molecular weight is 382 g/mol. The Bertz CT molecular complexity index is 488. The van der Waals surface area contributed by atoms with Gasteiger partial charge in [0.05, 0.1) is 0 Å². The molecule has 26 heavy (non-hydrogen) atoms. The monoisotopic (exact) mass is 382 g/mol. The quantitative estimate of drug-likeness (QED) is 0.187. The summed E-state index contributed by atoms with van der Waals surface area (Å²) in [7, 11) is 0. The van der Waals surface area contributed by atoms with Crippen LogP contribution in [0.25, 0.3) is 0 Å². The Hall–Kier alpha value is -2.28. The molecular weight excluding hydrogens is 352 g/mol. The van der Waals surface area contributed by atoms with Crippen molar-refractivity contribution < 1.29 is 61.1 Å². The molecule has 0 rings (SSSR count). The predicted molar refractivity (Wildman–Crippen MR) is 81.9 cm³/mol. The summed E-state index contributed by atoms with van der Waals surface area (Å²) in [6.45, 7) is 0.650. The zero-order chi connectivity index (χ0) is 20.1. The average Bonchev–Trinajstić information content (AvgIpc) is 2.66. The Morgan fingerprint density at radius 1 is 0.692 bits per heavy atom. The van der Waals surface area contributed by atoms with Gasteiger partial charge in [-0.2, -0.15) is 0 Å². The maximum atomic E-state index is 11.7. The number of ether oxygens (including phenoxy) is 4. The molecule has 0 heterocycles. The maximum Gasteiger partial charge on any atom is 0.362 e. The molecule has 12 heteroatoms. The van der Waals surface area contributed by atoms with E-state index in [1.807, 2.05) is 0 Å². The second-order valence-corrected chi connectivity index (χ2v) is 5.10. The van der Waals surface area contributed by atoms with E-state index in [4.69, 9.17) is 18.9 Å². The van der Waals surface area contributed by atoms with E-state index in [0.717, 1.165) is 0 Å². The summed E-state index contributed by atoms with van der Waals surface area (Å²) in [4.78, 5) is 46.4. The fourth-order valence-corrected chi connectivity index (χ4v) is 1.88. The zero-order valence-electron chi connectivity index (χ0n) is 15.1. The molecule has 12 nitrogen and oxygen atoms in total. The smallest absolute Gasteiger partial charge is 0.362 e. The van der Waals surface area contributed by atoms with Crippen molar-refractivity contribution in [2.75, 3.05) is 32.8 Å². The third-order valence-electron chi connectivity index (χ3n) is 3.19. The third-order valence-corrected chi connectivity index (χ3v) is 3.19. The summed E-state index contributed by atoms with van der Waals surface area (Å²) in [5, 5.41) is 0. The number of carbonyl (C=O) groups is 4. The second-order valence-electron chi connectivity index (χ2n) is 5.10. The van der Waals surface area contributed by atoms with Crippen molar-refractivity contribution in [2.45, 2.75) is 31.7 Å². The molecule has 0 bridgehead atoms. The zero-order valence-corrected chi connectivity index (χ0v) is 15.1. The van der Waals surface area contributed by atoms with Crippen molar-refractivity contribution in [1.82, 2.24) is 0 Å². The van der Waals surface area contributed by atoms with Gasteiger partial charge in [-0.1, -0.05) is 6.92 Å². The second kappa shape index (κ2) is 13.0. The molecule has 0 fully saturated rings. The van der Waals surface area contributed by atoms with E-state index >= 15 is 0 Å². The first-order chi connectivity index (χ1) is 12.3. The van der Waals surface area contributed by atoms with E-state index in [9.17, 15) is 19.2 Å². The molecule has 0 aromatic rings. The summed E-state index contributed by atoms with van der Waals surface area (Å²) in [6.07, 6.45) is -3.04. The molecule has 0 amide bonds. The minimum Gasteiger partial charge on any atom is -0.457 e. The summed E-state index contributed by atoms with van der Waals surface area (Å²) < 4.78 is 20.7. The fraction of sp³-hybridized carbons (Fsp3) is 0.714. The molecule has 0 saturated carbocycles. The first-order valence-electron chi connectivity index (χ1n) is 8.23. The highest BCUT2D eigenvalue weighted by Crippen LogP contribution is 2.17. The maximum absolute atomic E-state index is 11.7. The van der Waals surface area contributed by atoms with Gasteiger partial charge in [0.25, 0.3) is 0 Å². The number of carbonyl (C=O) groups excluding carboxylic acids is 4. The number of rotatable bonds is 12. The van der Waals surface area contributed by atoms with Crippen molar-refractivity contribution in [1.29, 1.82) is 0 Å². The van der Waals surface area contributed by atoms with Gasteiger partial charge in [-0.05, 0) is 6.42 Å². The van der Waals surface area contributed by atoms with Gasteiger partial charge in [0.1, 0.15) is 12.7 Å². The third kappa shape index (κ3) is 8.71. The first-order valence-corrected chi connectivity index (χ1v) is 8.23.